The Bertz CT molecular complexity index is 391. The molecule has 0 spiro atoms. The molecule has 0 aliphatic carbocycles. The normalized spacial score (nSPS) is 11.4. The third-order valence-corrected chi connectivity index (χ3v) is 3.13. The van der Waals surface area contributed by atoms with Crippen LogP contribution in [-0.2, 0) is 9.47 Å². The summed E-state index contributed by atoms with van der Waals surface area (Å²) in [4.78, 5) is 16.8. The van der Waals surface area contributed by atoms with Crippen molar-refractivity contribution in [1.82, 2.24) is 5.32 Å². The van der Waals surface area contributed by atoms with Gasteiger partial charge in [-0.2, -0.15) is 0 Å². The summed E-state index contributed by atoms with van der Waals surface area (Å²) < 4.78 is 10.3. The Hall–Kier alpha value is -1.40. The lowest BCUT2D eigenvalue weighted by Crippen LogP contribution is -2.33. The second-order valence-corrected chi connectivity index (χ2v) is 4.76. The van der Waals surface area contributed by atoms with E-state index in [0.29, 0.717) is 24.6 Å². The number of hydrogen-bond acceptors (Lipinski definition) is 5. The number of thiophene rings is 1. The minimum atomic E-state index is -0.192. The Morgan fingerprint density at radius 3 is 2.95 bits per heavy atom. The van der Waals surface area contributed by atoms with Crippen LogP contribution in [0.2, 0.25) is 0 Å². The van der Waals surface area contributed by atoms with Crippen molar-refractivity contribution in [3.63, 3.8) is 0 Å². The highest BCUT2D eigenvalue weighted by Gasteiger charge is 2.10. The van der Waals surface area contributed by atoms with Gasteiger partial charge in [-0.05, 0) is 17.9 Å². The lowest BCUT2D eigenvalue weighted by molar-refractivity contribution is 0.0958. The summed E-state index contributed by atoms with van der Waals surface area (Å²) in [6, 6.07) is 3.86. The van der Waals surface area contributed by atoms with E-state index in [9.17, 15) is 4.79 Å². The summed E-state index contributed by atoms with van der Waals surface area (Å²) in [7, 11) is 1.60. The van der Waals surface area contributed by atoms with E-state index < -0.39 is 0 Å². The molecule has 1 N–H and O–H groups in total. The fraction of sp³-hybridized carbons (Fsp3) is 0.538. The second-order valence-electron chi connectivity index (χ2n) is 3.81. The molecule has 0 radical (unpaired) electrons. The van der Waals surface area contributed by atoms with Gasteiger partial charge in [0.05, 0.1) is 11.5 Å². The van der Waals surface area contributed by atoms with Crippen LogP contribution < -0.4 is 5.32 Å². The Morgan fingerprint density at radius 2 is 2.32 bits per heavy atom. The van der Waals surface area contributed by atoms with E-state index in [1.807, 2.05) is 11.4 Å². The highest BCUT2D eigenvalue weighted by atomic mass is 32.1. The quantitative estimate of drug-likeness (QED) is 0.475. The van der Waals surface area contributed by atoms with Gasteiger partial charge in [-0.25, -0.2) is 4.99 Å². The minimum Gasteiger partial charge on any atom is -0.463 e. The summed E-state index contributed by atoms with van der Waals surface area (Å²) in [6.45, 7) is 3.56. The van der Waals surface area contributed by atoms with Gasteiger partial charge in [0, 0.05) is 13.7 Å². The van der Waals surface area contributed by atoms with E-state index in [1.54, 1.807) is 13.2 Å². The molecule has 1 aromatic rings. The average molecular weight is 284 g/mol. The smallest absolute Gasteiger partial charge is 0.291 e. The molecule has 0 atom stereocenters. The number of nitrogens with zero attached hydrogens (tertiary/aromatic N) is 1. The average Bonchev–Trinajstić information content (AvgIpc) is 2.93. The van der Waals surface area contributed by atoms with E-state index in [0.717, 1.165) is 12.8 Å². The van der Waals surface area contributed by atoms with Crippen molar-refractivity contribution in [3.05, 3.63) is 22.4 Å². The molecule has 106 valence electrons. The van der Waals surface area contributed by atoms with Crippen molar-refractivity contribution in [2.45, 2.75) is 19.8 Å². The molecular formula is C13H20N2O3S. The van der Waals surface area contributed by atoms with Crippen LogP contribution in [-0.4, -0.2) is 38.8 Å². The first-order valence-corrected chi connectivity index (χ1v) is 7.17. The zero-order chi connectivity index (χ0) is 13.9. The molecule has 19 heavy (non-hydrogen) atoms. The molecule has 1 rings (SSSR count). The van der Waals surface area contributed by atoms with Crippen LogP contribution in [0.3, 0.4) is 0 Å². The highest BCUT2D eigenvalue weighted by Crippen LogP contribution is 2.07. The number of unbranched alkanes of at least 4 members (excludes halogenated alkanes) is 1. The van der Waals surface area contributed by atoms with Gasteiger partial charge in [0.15, 0.2) is 0 Å². The molecule has 0 saturated heterocycles. The molecule has 6 heteroatoms. The molecule has 1 heterocycles. The third kappa shape index (κ3) is 6.35. The summed E-state index contributed by atoms with van der Waals surface area (Å²) in [5.74, 6) is -0.192. The Morgan fingerprint density at radius 1 is 1.47 bits per heavy atom. The van der Waals surface area contributed by atoms with Crippen molar-refractivity contribution in [2.75, 3.05) is 26.9 Å². The summed E-state index contributed by atoms with van der Waals surface area (Å²) >= 11 is 1.38. The molecule has 0 aliphatic rings. The van der Waals surface area contributed by atoms with E-state index >= 15 is 0 Å². The number of hydrogen-bond donors (Lipinski definition) is 1. The first-order chi connectivity index (χ1) is 9.27. The van der Waals surface area contributed by atoms with E-state index in [2.05, 4.69) is 17.2 Å². The van der Waals surface area contributed by atoms with Crippen molar-refractivity contribution in [3.8, 4) is 0 Å². The predicted molar refractivity (Wildman–Crippen MR) is 76.8 cm³/mol. The Balaban J connectivity index is 2.52. The fourth-order valence-electron chi connectivity index (χ4n) is 1.25. The van der Waals surface area contributed by atoms with Crippen LogP contribution >= 0.6 is 11.3 Å². The van der Waals surface area contributed by atoms with Gasteiger partial charge in [-0.3, -0.25) is 10.1 Å². The van der Waals surface area contributed by atoms with Crippen LogP contribution in [0.4, 0.5) is 0 Å². The zero-order valence-corrected chi connectivity index (χ0v) is 12.2. The van der Waals surface area contributed by atoms with Gasteiger partial charge >= 0.3 is 0 Å². The molecule has 0 bridgehead atoms. The van der Waals surface area contributed by atoms with Gasteiger partial charge in [0.25, 0.3) is 11.9 Å². The van der Waals surface area contributed by atoms with Crippen LogP contribution in [0.25, 0.3) is 0 Å². The molecule has 0 aliphatic heterocycles. The SMILES string of the molecule is CCCCN=C(NC(=O)c1cccs1)OCCOC. The standard InChI is InChI=1S/C13H20N2O3S/c1-3-4-7-14-13(18-9-8-17-2)15-12(16)11-6-5-10-19-11/h5-6,10H,3-4,7-9H2,1-2H3,(H,14,15,16). The van der Waals surface area contributed by atoms with Crippen molar-refractivity contribution in [1.29, 1.82) is 0 Å². The maximum Gasteiger partial charge on any atom is 0.291 e. The molecule has 1 amide bonds. The number of carbonyl (C=O) groups is 1. The van der Waals surface area contributed by atoms with Crippen molar-refractivity contribution >= 4 is 23.3 Å². The number of rotatable bonds is 7. The van der Waals surface area contributed by atoms with Gasteiger partial charge < -0.3 is 9.47 Å². The van der Waals surface area contributed by atoms with Gasteiger partial charge in [0.2, 0.25) is 0 Å². The highest BCUT2D eigenvalue weighted by molar-refractivity contribution is 7.12. The first-order valence-electron chi connectivity index (χ1n) is 6.29. The summed E-state index contributed by atoms with van der Waals surface area (Å²) in [5.41, 5.74) is 0. The number of nitrogens with one attached hydrogen (secondary N) is 1. The van der Waals surface area contributed by atoms with Gasteiger partial charge in [-0.1, -0.05) is 19.4 Å². The molecular weight excluding hydrogens is 264 g/mol. The largest absolute Gasteiger partial charge is 0.463 e. The number of amidine groups is 1. The van der Waals surface area contributed by atoms with Crippen LogP contribution in [0.15, 0.2) is 22.5 Å². The lowest BCUT2D eigenvalue weighted by atomic mass is 10.3. The van der Waals surface area contributed by atoms with E-state index in [4.69, 9.17) is 9.47 Å². The molecule has 0 fully saturated rings. The first kappa shape index (κ1) is 15.7. The Kier molecular flexibility index (Phi) is 7.84. The number of carbonyl (C=O) groups excluding carboxylic acids is 1. The number of amides is 1. The van der Waals surface area contributed by atoms with Crippen LogP contribution in [0, 0.1) is 0 Å². The third-order valence-electron chi connectivity index (χ3n) is 2.26. The van der Waals surface area contributed by atoms with Crippen LogP contribution in [0.5, 0.6) is 0 Å². The molecule has 0 unspecified atom stereocenters. The predicted octanol–water partition coefficient (Wildman–Crippen LogP) is 2.30. The topological polar surface area (TPSA) is 59.9 Å². The van der Waals surface area contributed by atoms with Crippen LogP contribution in [0.1, 0.15) is 29.4 Å². The maximum atomic E-state index is 11.9. The number of ether oxygens (including phenoxy) is 2. The van der Waals surface area contributed by atoms with Gasteiger partial charge in [0.1, 0.15) is 6.61 Å². The second kappa shape index (κ2) is 9.52. The number of methoxy groups -OCH3 is 1. The van der Waals surface area contributed by atoms with Gasteiger partial charge in [-0.15, -0.1) is 11.3 Å². The van der Waals surface area contributed by atoms with Crippen molar-refractivity contribution in [2.24, 2.45) is 4.99 Å². The summed E-state index contributed by atoms with van der Waals surface area (Å²) in [5, 5.41) is 4.54. The number of aliphatic imine (C=N–C) groups is 1. The molecule has 5 nitrogen and oxygen atoms in total. The molecule has 1 aromatic heterocycles. The van der Waals surface area contributed by atoms with E-state index in [1.165, 1.54) is 11.3 Å². The van der Waals surface area contributed by atoms with E-state index in [-0.39, 0.29) is 11.9 Å². The fourth-order valence-corrected chi connectivity index (χ4v) is 1.87. The lowest BCUT2D eigenvalue weighted by Gasteiger charge is -2.09. The zero-order valence-electron chi connectivity index (χ0n) is 11.3. The Labute approximate surface area is 117 Å². The maximum absolute atomic E-state index is 11.9. The molecule has 0 saturated carbocycles. The summed E-state index contributed by atoms with van der Waals surface area (Å²) in [6.07, 6.45) is 2.01. The minimum absolute atomic E-state index is 0.192. The monoisotopic (exact) mass is 284 g/mol. The molecule has 0 aromatic carbocycles. The van der Waals surface area contributed by atoms with Crippen molar-refractivity contribution < 1.29 is 14.3 Å².